The van der Waals surface area contributed by atoms with Gasteiger partial charge in [-0.05, 0) is 45.8 Å². The summed E-state index contributed by atoms with van der Waals surface area (Å²) in [4.78, 5) is 5.22. The maximum absolute atomic E-state index is 5.96. The molecule has 5 heteroatoms. The second-order valence-electron chi connectivity index (χ2n) is 3.38. The molecule has 1 nitrogen and oxygen atoms in total. The Bertz CT molecular complexity index is 534. The van der Waals surface area contributed by atoms with Gasteiger partial charge in [0, 0.05) is 27.5 Å². The first-order valence-corrected chi connectivity index (χ1v) is 7.36. The maximum atomic E-state index is 5.96. The Morgan fingerprint density at radius 3 is 2.65 bits per heavy atom. The van der Waals surface area contributed by atoms with E-state index in [0.717, 1.165) is 20.7 Å². The van der Waals surface area contributed by atoms with Crippen LogP contribution in [0.5, 0.6) is 0 Å². The van der Waals surface area contributed by atoms with Crippen molar-refractivity contribution < 1.29 is 0 Å². The number of pyridine rings is 1. The fourth-order valence-electron chi connectivity index (χ4n) is 1.27. The van der Waals surface area contributed by atoms with Crippen LogP contribution >= 0.6 is 50.9 Å². The van der Waals surface area contributed by atoms with E-state index in [2.05, 4.69) is 27.0 Å². The van der Waals surface area contributed by atoms with E-state index in [1.807, 2.05) is 24.4 Å². The summed E-state index contributed by atoms with van der Waals surface area (Å²) in [5.41, 5.74) is 1.16. The lowest BCUT2D eigenvalue weighted by atomic mass is 10.3. The fraction of sp³-hybridized carbons (Fsp3) is 0.0833. The second kappa shape index (κ2) is 6.10. The van der Waals surface area contributed by atoms with E-state index in [1.54, 1.807) is 18.0 Å². The second-order valence-corrected chi connectivity index (χ2v) is 6.15. The van der Waals surface area contributed by atoms with Gasteiger partial charge in [0.25, 0.3) is 0 Å². The van der Waals surface area contributed by atoms with Crippen molar-refractivity contribution in [1.82, 2.24) is 4.98 Å². The van der Waals surface area contributed by atoms with Crippen LogP contribution in [-0.4, -0.2) is 4.98 Å². The van der Waals surface area contributed by atoms with Gasteiger partial charge in [0.1, 0.15) is 0 Å². The molecule has 0 aliphatic heterocycles. The molecule has 0 atom stereocenters. The van der Waals surface area contributed by atoms with Crippen molar-refractivity contribution >= 4 is 50.9 Å². The highest BCUT2D eigenvalue weighted by atomic mass is 79.9. The first-order chi connectivity index (χ1) is 8.15. The zero-order chi connectivity index (χ0) is 12.3. The highest BCUT2D eigenvalue weighted by Crippen LogP contribution is 2.29. The third-order valence-corrected chi connectivity index (χ3v) is 4.30. The summed E-state index contributed by atoms with van der Waals surface area (Å²) in [7, 11) is 0. The molecule has 0 saturated heterocycles. The Balaban J connectivity index is 2.05. The van der Waals surface area contributed by atoms with Crippen LogP contribution in [-0.2, 0) is 5.75 Å². The minimum atomic E-state index is 0.583. The Labute approximate surface area is 123 Å². The predicted octanol–water partition coefficient (Wildman–Crippen LogP) is 5.44. The average molecular weight is 349 g/mol. The molecule has 88 valence electrons. The zero-order valence-corrected chi connectivity index (χ0v) is 12.6. The molecule has 0 aliphatic rings. The number of nitrogens with zero attached hydrogens (tertiary/aromatic N) is 1. The van der Waals surface area contributed by atoms with Crippen LogP contribution in [0.4, 0.5) is 0 Å². The lowest BCUT2D eigenvalue weighted by Gasteiger charge is -2.03. The Morgan fingerprint density at radius 1 is 1.12 bits per heavy atom. The van der Waals surface area contributed by atoms with Crippen LogP contribution < -0.4 is 0 Å². The number of hydrogen-bond acceptors (Lipinski definition) is 2. The minimum absolute atomic E-state index is 0.583. The van der Waals surface area contributed by atoms with Crippen LogP contribution in [0, 0.1) is 0 Å². The van der Waals surface area contributed by atoms with Crippen molar-refractivity contribution in [3.8, 4) is 0 Å². The van der Waals surface area contributed by atoms with E-state index in [1.165, 1.54) is 0 Å². The van der Waals surface area contributed by atoms with E-state index in [4.69, 9.17) is 23.2 Å². The van der Waals surface area contributed by atoms with Gasteiger partial charge in [0.2, 0.25) is 0 Å². The van der Waals surface area contributed by atoms with Crippen molar-refractivity contribution in [3.05, 3.63) is 56.7 Å². The number of rotatable bonds is 3. The van der Waals surface area contributed by atoms with Gasteiger partial charge >= 0.3 is 0 Å². The molecule has 0 aliphatic carbocycles. The standard InChI is InChI=1S/C12H8BrCl2NS/c13-9-3-8(5-16-6-9)7-17-10-1-2-11(14)12(15)4-10/h1-6H,7H2. The maximum Gasteiger partial charge on any atom is 0.0603 e. The van der Waals surface area contributed by atoms with Gasteiger partial charge in [-0.15, -0.1) is 11.8 Å². The Hall–Kier alpha value is -0.220. The summed E-state index contributed by atoms with van der Waals surface area (Å²) in [6, 6.07) is 7.70. The van der Waals surface area contributed by atoms with Crippen molar-refractivity contribution in [3.63, 3.8) is 0 Å². The van der Waals surface area contributed by atoms with Crippen LogP contribution in [0.2, 0.25) is 10.0 Å². The third kappa shape index (κ3) is 3.88. The van der Waals surface area contributed by atoms with Crippen molar-refractivity contribution in [2.75, 3.05) is 0 Å². The molecule has 1 heterocycles. The molecule has 2 aromatic rings. The van der Waals surface area contributed by atoms with Crippen molar-refractivity contribution in [2.45, 2.75) is 10.6 Å². The van der Waals surface area contributed by atoms with E-state index < -0.39 is 0 Å². The molecule has 2 rings (SSSR count). The number of benzene rings is 1. The molecule has 0 radical (unpaired) electrons. The van der Waals surface area contributed by atoms with Crippen LogP contribution in [0.25, 0.3) is 0 Å². The van der Waals surface area contributed by atoms with Gasteiger partial charge in [-0.25, -0.2) is 0 Å². The molecule has 0 unspecified atom stereocenters. The van der Waals surface area contributed by atoms with Crippen LogP contribution in [0.3, 0.4) is 0 Å². The van der Waals surface area contributed by atoms with Gasteiger partial charge in [-0.1, -0.05) is 23.2 Å². The van der Waals surface area contributed by atoms with Gasteiger partial charge in [-0.3, -0.25) is 4.98 Å². The van der Waals surface area contributed by atoms with Gasteiger partial charge in [0.05, 0.1) is 10.0 Å². The first-order valence-electron chi connectivity index (χ1n) is 4.82. The summed E-state index contributed by atoms with van der Waals surface area (Å²) >= 11 is 16.9. The van der Waals surface area contributed by atoms with Crippen LogP contribution in [0.1, 0.15) is 5.56 Å². The summed E-state index contributed by atoms with van der Waals surface area (Å²) in [6.07, 6.45) is 3.63. The van der Waals surface area contributed by atoms with Gasteiger partial charge < -0.3 is 0 Å². The van der Waals surface area contributed by atoms with Gasteiger partial charge in [0.15, 0.2) is 0 Å². The number of halogens is 3. The molecular formula is C12H8BrCl2NS. The topological polar surface area (TPSA) is 12.9 Å². The molecule has 17 heavy (non-hydrogen) atoms. The predicted molar refractivity (Wildman–Crippen MR) is 78.0 cm³/mol. The molecule has 0 N–H and O–H groups in total. The molecule has 1 aromatic carbocycles. The monoisotopic (exact) mass is 347 g/mol. The summed E-state index contributed by atoms with van der Waals surface area (Å²) in [5.74, 6) is 0.852. The van der Waals surface area contributed by atoms with Crippen molar-refractivity contribution in [2.24, 2.45) is 0 Å². The lowest BCUT2D eigenvalue weighted by molar-refractivity contribution is 1.23. The Morgan fingerprint density at radius 2 is 1.94 bits per heavy atom. The molecule has 0 amide bonds. The first kappa shape index (κ1) is 13.2. The van der Waals surface area contributed by atoms with E-state index >= 15 is 0 Å². The quantitative estimate of drug-likeness (QED) is 0.684. The van der Waals surface area contributed by atoms with Crippen LogP contribution in [0.15, 0.2) is 46.0 Å². The zero-order valence-electron chi connectivity index (χ0n) is 8.66. The van der Waals surface area contributed by atoms with Gasteiger partial charge in [-0.2, -0.15) is 0 Å². The summed E-state index contributed by atoms with van der Waals surface area (Å²) in [6.45, 7) is 0. The Kier molecular flexibility index (Phi) is 4.74. The summed E-state index contributed by atoms with van der Waals surface area (Å²) < 4.78 is 0.990. The lowest BCUT2D eigenvalue weighted by Crippen LogP contribution is -1.83. The SMILES string of the molecule is Clc1ccc(SCc2cncc(Br)c2)cc1Cl. The van der Waals surface area contributed by atoms with E-state index in [9.17, 15) is 0 Å². The van der Waals surface area contributed by atoms with Crippen molar-refractivity contribution in [1.29, 1.82) is 0 Å². The number of aromatic nitrogens is 1. The molecule has 1 aromatic heterocycles. The molecule has 0 saturated carbocycles. The minimum Gasteiger partial charge on any atom is -0.263 e. The van der Waals surface area contributed by atoms with E-state index in [-0.39, 0.29) is 0 Å². The van der Waals surface area contributed by atoms with E-state index in [0.29, 0.717) is 10.0 Å². The fourth-order valence-corrected chi connectivity index (χ4v) is 2.90. The highest BCUT2D eigenvalue weighted by molar-refractivity contribution is 9.10. The summed E-state index contributed by atoms with van der Waals surface area (Å²) in [5, 5.41) is 1.17. The highest BCUT2D eigenvalue weighted by Gasteiger charge is 2.01. The third-order valence-electron chi connectivity index (χ3n) is 2.06. The number of thioether (sulfide) groups is 1. The molecule has 0 bridgehead atoms. The average Bonchev–Trinajstić information content (AvgIpc) is 2.31. The molecular weight excluding hydrogens is 341 g/mol. The normalized spacial score (nSPS) is 10.5. The molecule has 0 fully saturated rings. The molecule has 0 spiro atoms. The number of hydrogen-bond donors (Lipinski definition) is 0. The largest absolute Gasteiger partial charge is 0.263 e. The smallest absolute Gasteiger partial charge is 0.0603 e.